The van der Waals surface area contributed by atoms with Gasteiger partial charge in [-0.3, -0.25) is 15.0 Å². The Balaban J connectivity index is 2.15. The largest absolute Gasteiger partial charge is 0.303 e. The van der Waals surface area contributed by atoms with Gasteiger partial charge in [0.1, 0.15) is 6.04 Å². The molecule has 152 valence electrons. The molecule has 1 aliphatic rings. The quantitative estimate of drug-likeness (QED) is 0.412. The van der Waals surface area contributed by atoms with Gasteiger partial charge in [-0.2, -0.15) is 0 Å². The van der Waals surface area contributed by atoms with E-state index in [0.717, 1.165) is 16.7 Å². The van der Waals surface area contributed by atoms with Gasteiger partial charge in [0.15, 0.2) is 0 Å². The van der Waals surface area contributed by atoms with E-state index in [9.17, 15) is 10.1 Å². The molecule has 1 heterocycles. The van der Waals surface area contributed by atoms with E-state index in [-0.39, 0.29) is 23.0 Å². The van der Waals surface area contributed by atoms with Gasteiger partial charge in [-0.05, 0) is 25.0 Å². The summed E-state index contributed by atoms with van der Waals surface area (Å²) in [5, 5.41) is 15.7. The summed E-state index contributed by atoms with van der Waals surface area (Å²) in [4.78, 5) is 14.4. The third kappa shape index (κ3) is 4.31. The van der Waals surface area contributed by atoms with E-state index in [1.165, 1.54) is 5.56 Å². The second-order valence-corrected chi connectivity index (χ2v) is 7.70. The number of nitrogens with zero attached hydrogens (tertiary/aromatic N) is 2. The summed E-state index contributed by atoms with van der Waals surface area (Å²) in [5.74, 6) is 0. The molecule has 5 heteroatoms. The van der Waals surface area contributed by atoms with Gasteiger partial charge in [0.05, 0.1) is 12.1 Å². The first-order chi connectivity index (χ1) is 14.0. The van der Waals surface area contributed by atoms with Crippen LogP contribution in [0, 0.1) is 24.0 Å². The highest BCUT2D eigenvalue weighted by molar-refractivity contribution is 5.33. The standard InChI is InChI=1S/C24H29N3O2/c1-5-15-25-21-22(19-11-7-17(3)8-12-19)26(16-6-2)23(24(21)27(28)29)20-13-9-18(4)10-14-20/h5-14,21-25H,1-2,15-16H2,3-4H3/t21-,22-,23-,24+/m1/s1. The van der Waals surface area contributed by atoms with E-state index in [1.807, 2.05) is 44.2 Å². The number of hydrogen-bond donors (Lipinski definition) is 1. The van der Waals surface area contributed by atoms with Gasteiger partial charge in [-0.15, -0.1) is 13.2 Å². The van der Waals surface area contributed by atoms with Crippen LogP contribution in [0.15, 0.2) is 73.8 Å². The molecule has 1 fully saturated rings. The van der Waals surface area contributed by atoms with Crippen LogP contribution in [0.5, 0.6) is 0 Å². The number of benzene rings is 2. The molecule has 3 rings (SSSR count). The van der Waals surface area contributed by atoms with E-state index in [0.29, 0.717) is 13.1 Å². The van der Waals surface area contributed by atoms with E-state index in [1.54, 1.807) is 6.08 Å². The summed E-state index contributed by atoms with van der Waals surface area (Å²) in [6.07, 6.45) is 3.58. The average Bonchev–Trinajstić information content (AvgIpc) is 3.02. The van der Waals surface area contributed by atoms with Crippen molar-refractivity contribution in [3.05, 3.63) is 106 Å². The van der Waals surface area contributed by atoms with Crippen molar-refractivity contribution in [3.63, 3.8) is 0 Å². The highest BCUT2D eigenvalue weighted by atomic mass is 16.6. The Hall–Kier alpha value is -2.76. The summed E-state index contributed by atoms with van der Waals surface area (Å²) in [5.41, 5.74) is 4.33. The third-order valence-electron chi connectivity index (χ3n) is 5.67. The molecule has 0 spiro atoms. The fourth-order valence-electron chi connectivity index (χ4n) is 4.35. The lowest BCUT2D eigenvalue weighted by Gasteiger charge is -2.30. The molecule has 0 radical (unpaired) electrons. The van der Waals surface area contributed by atoms with Gasteiger partial charge in [-0.1, -0.05) is 71.8 Å². The second kappa shape index (κ2) is 9.16. The molecule has 1 saturated heterocycles. The van der Waals surface area contributed by atoms with Crippen molar-refractivity contribution >= 4 is 0 Å². The van der Waals surface area contributed by atoms with Crippen LogP contribution in [-0.2, 0) is 0 Å². The molecule has 5 nitrogen and oxygen atoms in total. The minimum absolute atomic E-state index is 0.129. The summed E-state index contributed by atoms with van der Waals surface area (Å²) >= 11 is 0. The van der Waals surface area contributed by atoms with Crippen molar-refractivity contribution in [2.45, 2.75) is 38.0 Å². The number of nitrogens with one attached hydrogen (secondary N) is 1. The van der Waals surface area contributed by atoms with Crippen molar-refractivity contribution in [2.75, 3.05) is 13.1 Å². The van der Waals surface area contributed by atoms with Gasteiger partial charge in [0.2, 0.25) is 6.04 Å². The predicted molar refractivity (Wildman–Crippen MR) is 118 cm³/mol. The number of likely N-dealkylation sites (tertiary alicyclic amines) is 1. The van der Waals surface area contributed by atoms with Crippen molar-refractivity contribution in [1.29, 1.82) is 0 Å². The average molecular weight is 392 g/mol. The van der Waals surface area contributed by atoms with Gasteiger partial charge in [0, 0.05) is 18.0 Å². The van der Waals surface area contributed by atoms with Gasteiger partial charge < -0.3 is 5.32 Å². The minimum atomic E-state index is -0.788. The van der Waals surface area contributed by atoms with E-state index in [4.69, 9.17) is 0 Å². The first kappa shape index (κ1) is 21.0. The van der Waals surface area contributed by atoms with Crippen LogP contribution in [-0.4, -0.2) is 35.0 Å². The normalized spacial score (nSPS) is 24.3. The maximum absolute atomic E-state index is 12.3. The van der Waals surface area contributed by atoms with Crippen molar-refractivity contribution in [1.82, 2.24) is 10.2 Å². The number of nitro groups is 1. The predicted octanol–water partition coefficient (Wildman–Crippen LogP) is 4.38. The lowest BCUT2D eigenvalue weighted by molar-refractivity contribution is -0.529. The Labute approximate surface area is 172 Å². The molecule has 0 bridgehead atoms. The maximum atomic E-state index is 12.3. The Morgan fingerprint density at radius 3 is 1.93 bits per heavy atom. The molecule has 0 aliphatic carbocycles. The van der Waals surface area contributed by atoms with Crippen molar-refractivity contribution in [3.8, 4) is 0 Å². The lowest BCUT2D eigenvalue weighted by Crippen LogP contribution is -2.45. The van der Waals surface area contributed by atoms with Crippen LogP contribution in [0.1, 0.15) is 34.3 Å². The van der Waals surface area contributed by atoms with Gasteiger partial charge in [-0.25, -0.2) is 0 Å². The molecule has 0 aromatic heterocycles. The first-order valence-corrected chi connectivity index (χ1v) is 9.95. The zero-order valence-electron chi connectivity index (χ0n) is 17.1. The molecule has 2 aromatic rings. The van der Waals surface area contributed by atoms with Crippen LogP contribution < -0.4 is 5.32 Å². The Morgan fingerprint density at radius 2 is 1.48 bits per heavy atom. The highest BCUT2D eigenvalue weighted by Crippen LogP contribution is 2.45. The third-order valence-corrected chi connectivity index (χ3v) is 5.67. The molecule has 2 aromatic carbocycles. The SMILES string of the molecule is C=CCN[C@H]1[C@H]([N+](=O)[O-])[C@@H](c2ccc(C)cc2)N(CC=C)[C@@H]1c1ccc(C)cc1. The lowest BCUT2D eigenvalue weighted by atomic mass is 9.94. The topological polar surface area (TPSA) is 58.4 Å². The molecule has 1 aliphatic heterocycles. The van der Waals surface area contributed by atoms with E-state index in [2.05, 4.69) is 47.6 Å². The summed E-state index contributed by atoms with van der Waals surface area (Å²) < 4.78 is 0. The van der Waals surface area contributed by atoms with Crippen molar-refractivity contribution < 1.29 is 4.92 Å². The van der Waals surface area contributed by atoms with E-state index < -0.39 is 6.04 Å². The molecule has 4 atom stereocenters. The number of rotatable bonds is 8. The minimum Gasteiger partial charge on any atom is -0.303 e. The maximum Gasteiger partial charge on any atom is 0.249 e. The van der Waals surface area contributed by atoms with Crippen LogP contribution in [0.4, 0.5) is 0 Å². The van der Waals surface area contributed by atoms with Crippen LogP contribution in [0.25, 0.3) is 0 Å². The zero-order valence-corrected chi connectivity index (χ0v) is 17.1. The number of aryl methyl sites for hydroxylation is 2. The fourth-order valence-corrected chi connectivity index (χ4v) is 4.35. The Bertz CT molecular complexity index is 861. The summed E-state index contributed by atoms with van der Waals surface area (Å²) in [7, 11) is 0. The second-order valence-electron chi connectivity index (χ2n) is 7.70. The van der Waals surface area contributed by atoms with Gasteiger partial charge >= 0.3 is 0 Å². The molecule has 0 saturated carbocycles. The van der Waals surface area contributed by atoms with Crippen LogP contribution in [0.3, 0.4) is 0 Å². The molecular weight excluding hydrogens is 362 g/mol. The summed E-state index contributed by atoms with van der Waals surface area (Å²) in [6, 6.07) is 14.7. The van der Waals surface area contributed by atoms with Crippen LogP contribution in [0.2, 0.25) is 0 Å². The molecule has 0 amide bonds. The van der Waals surface area contributed by atoms with E-state index >= 15 is 0 Å². The van der Waals surface area contributed by atoms with Crippen molar-refractivity contribution in [2.24, 2.45) is 0 Å². The Kier molecular flexibility index (Phi) is 6.62. The summed E-state index contributed by atoms with van der Waals surface area (Å²) in [6.45, 7) is 12.8. The molecular formula is C24H29N3O2. The fraction of sp³-hybridized carbons (Fsp3) is 0.333. The Morgan fingerprint density at radius 1 is 0.966 bits per heavy atom. The van der Waals surface area contributed by atoms with Gasteiger partial charge in [0.25, 0.3) is 0 Å². The number of hydrogen-bond acceptors (Lipinski definition) is 4. The van der Waals surface area contributed by atoms with Crippen LogP contribution >= 0.6 is 0 Å². The monoisotopic (exact) mass is 391 g/mol. The highest BCUT2D eigenvalue weighted by Gasteiger charge is 2.56. The zero-order chi connectivity index (χ0) is 21.0. The smallest absolute Gasteiger partial charge is 0.249 e. The molecule has 0 unspecified atom stereocenters. The molecule has 29 heavy (non-hydrogen) atoms. The first-order valence-electron chi connectivity index (χ1n) is 9.95. The molecule has 1 N–H and O–H groups in total.